The Balaban J connectivity index is 3.19. The molecule has 19 heavy (non-hydrogen) atoms. The molecule has 1 rings (SSSR count). The number of hydrogen-bond donors (Lipinski definition) is 2. The number of hydrogen-bond acceptors (Lipinski definition) is 2. The molecule has 0 heterocycles. The second-order valence-corrected chi connectivity index (χ2v) is 5.19. The van der Waals surface area contributed by atoms with Crippen molar-refractivity contribution in [2.45, 2.75) is 52.5 Å². The topological polar surface area (TPSA) is 63.3 Å². The van der Waals surface area contributed by atoms with Gasteiger partial charge in [-0.15, -0.1) is 0 Å². The van der Waals surface area contributed by atoms with Gasteiger partial charge in [-0.25, -0.2) is 0 Å². The van der Waals surface area contributed by atoms with Crippen LogP contribution in [0.3, 0.4) is 0 Å². The van der Waals surface area contributed by atoms with Crippen LogP contribution in [0.1, 0.15) is 55.7 Å². The van der Waals surface area contributed by atoms with Gasteiger partial charge in [-0.2, -0.15) is 0 Å². The number of nitrogens with two attached hydrogens (primary N) is 1. The molecule has 3 nitrogen and oxygen atoms in total. The lowest BCUT2D eigenvalue weighted by atomic mass is 9.78. The Bertz CT molecular complexity index is 425. The molecule has 0 aromatic heterocycles. The van der Waals surface area contributed by atoms with E-state index in [1.54, 1.807) is 0 Å². The maximum absolute atomic E-state index is 11.2. The first-order valence-corrected chi connectivity index (χ1v) is 7.04. The van der Waals surface area contributed by atoms with Gasteiger partial charge >= 0.3 is 5.97 Å². The molecular formula is C16H25NO2. The highest BCUT2D eigenvalue weighted by molar-refractivity contribution is 5.68. The number of aliphatic carboxylic acids is 1. The van der Waals surface area contributed by atoms with Crippen molar-refractivity contribution < 1.29 is 9.90 Å². The van der Waals surface area contributed by atoms with Gasteiger partial charge in [0.05, 0.1) is 6.42 Å². The van der Waals surface area contributed by atoms with Gasteiger partial charge in [-0.3, -0.25) is 4.79 Å². The zero-order valence-electron chi connectivity index (χ0n) is 12.1. The van der Waals surface area contributed by atoms with Crippen LogP contribution in [0, 0.1) is 12.8 Å². The van der Waals surface area contributed by atoms with Crippen molar-refractivity contribution >= 4 is 5.97 Å². The summed E-state index contributed by atoms with van der Waals surface area (Å²) < 4.78 is 0. The fraction of sp³-hybridized carbons (Fsp3) is 0.562. The van der Waals surface area contributed by atoms with E-state index in [-0.39, 0.29) is 12.3 Å². The fourth-order valence-electron chi connectivity index (χ4n) is 2.85. The lowest BCUT2D eigenvalue weighted by Gasteiger charge is -2.26. The van der Waals surface area contributed by atoms with E-state index >= 15 is 0 Å². The highest BCUT2D eigenvalue weighted by Gasteiger charge is 2.25. The summed E-state index contributed by atoms with van der Waals surface area (Å²) in [5.74, 6) is -0.281. The van der Waals surface area contributed by atoms with E-state index in [0.717, 1.165) is 24.0 Å². The molecule has 0 amide bonds. The van der Waals surface area contributed by atoms with E-state index < -0.39 is 5.97 Å². The molecule has 0 aliphatic rings. The van der Waals surface area contributed by atoms with E-state index in [1.165, 1.54) is 5.56 Å². The third-order valence-corrected chi connectivity index (χ3v) is 3.93. The van der Waals surface area contributed by atoms with Crippen molar-refractivity contribution in [2.75, 3.05) is 0 Å². The lowest BCUT2D eigenvalue weighted by Crippen LogP contribution is -2.18. The monoisotopic (exact) mass is 263 g/mol. The van der Waals surface area contributed by atoms with E-state index in [0.29, 0.717) is 12.5 Å². The molecule has 0 bridgehead atoms. The van der Waals surface area contributed by atoms with Crippen LogP contribution in [0.25, 0.3) is 0 Å². The summed E-state index contributed by atoms with van der Waals surface area (Å²) in [5, 5.41) is 9.17. The molecule has 1 unspecified atom stereocenters. The van der Waals surface area contributed by atoms with Crippen LogP contribution in [0.5, 0.6) is 0 Å². The molecule has 0 aliphatic heterocycles. The molecule has 0 saturated heterocycles. The van der Waals surface area contributed by atoms with Gasteiger partial charge in [0.15, 0.2) is 0 Å². The molecule has 0 spiro atoms. The van der Waals surface area contributed by atoms with Crippen LogP contribution < -0.4 is 5.73 Å². The normalized spacial score (nSPS) is 12.7. The Morgan fingerprint density at radius 3 is 2.42 bits per heavy atom. The van der Waals surface area contributed by atoms with Gasteiger partial charge in [-0.1, -0.05) is 50.5 Å². The Morgan fingerprint density at radius 1 is 1.32 bits per heavy atom. The largest absolute Gasteiger partial charge is 0.481 e. The van der Waals surface area contributed by atoms with Gasteiger partial charge < -0.3 is 10.8 Å². The summed E-state index contributed by atoms with van der Waals surface area (Å²) in [6, 6.07) is 6.18. The molecule has 3 N–H and O–H groups in total. The van der Waals surface area contributed by atoms with Crippen molar-refractivity contribution in [3.63, 3.8) is 0 Å². The Morgan fingerprint density at radius 2 is 1.95 bits per heavy atom. The minimum absolute atomic E-state index is 0.0617. The van der Waals surface area contributed by atoms with Crippen LogP contribution in [0.2, 0.25) is 0 Å². The predicted octanol–water partition coefficient (Wildman–Crippen LogP) is 3.45. The van der Waals surface area contributed by atoms with E-state index in [2.05, 4.69) is 26.0 Å². The summed E-state index contributed by atoms with van der Waals surface area (Å²) in [6.45, 7) is 6.75. The van der Waals surface area contributed by atoms with Gasteiger partial charge in [-0.05, 0) is 29.9 Å². The Kier molecular flexibility index (Phi) is 6.03. The third-order valence-electron chi connectivity index (χ3n) is 3.93. The van der Waals surface area contributed by atoms with E-state index in [1.807, 2.05) is 13.0 Å². The second kappa shape index (κ2) is 7.29. The summed E-state index contributed by atoms with van der Waals surface area (Å²) in [6.07, 6.45) is 2.17. The maximum Gasteiger partial charge on any atom is 0.303 e. The van der Waals surface area contributed by atoms with Crippen LogP contribution >= 0.6 is 0 Å². The number of carboxylic acid groups (broad SMARTS) is 1. The maximum atomic E-state index is 11.2. The molecule has 106 valence electrons. The first-order valence-electron chi connectivity index (χ1n) is 7.04. The van der Waals surface area contributed by atoms with Crippen LogP contribution in [-0.4, -0.2) is 11.1 Å². The number of benzene rings is 1. The van der Waals surface area contributed by atoms with Crippen LogP contribution in [0.4, 0.5) is 0 Å². The lowest BCUT2D eigenvalue weighted by molar-refractivity contribution is -0.137. The smallest absolute Gasteiger partial charge is 0.303 e. The minimum Gasteiger partial charge on any atom is -0.481 e. The van der Waals surface area contributed by atoms with Gasteiger partial charge in [0, 0.05) is 6.54 Å². The number of aryl methyl sites for hydroxylation is 1. The third kappa shape index (κ3) is 4.06. The molecule has 3 heteroatoms. The average molecular weight is 263 g/mol. The Hall–Kier alpha value is -1.35. The van der Waals surface area contributed by atoms with Gasteiger partial charge in [0.25, 0.3) is 0 Å². The standard InChI is InChI=1S/C16H25NO2/c1-4-12(5-2)15(9-16(18)19)14-7-6-11(3)8-13(14)10-17/h6-8,12,15H,4-5,9-10,17H2,1-3H3,(H,18,19). The number of carbonyl (C=O) groups is 1. The number of carboxylic acids is 1. The van der Waals surface area contributed by atoms with E-state index in [9.17, 15) is 9.90 Å². The van der Waals surface area contributed by atoms with Crippen molar-refractivity contribution in [3.8, 4) is 0 Å². The molecule has 0 radical (unpaired) electrons. The average Bonchev–Trinajstić information content (AvgIpc) is 2.38. The number of rotatable bonds is 7. The summed E-state index contributed by atoms with van der Waals surface area (Å²) in [4.78, 5) is 11.2. The summed E-state index contributed by atoms with van der Waals surface area (Å²) in [5.41, 5.74) is 9.19. The molecule has 0 aliphatic carbocycles. The van der Waals surface area contributed by atoms with Crippen LogP contribution in [0.15, 0.2) is 18.2 Å². The molecule has 0 fully saturated rings. The summed E-state index contributed by atoms with van der Waals surface area (Å²) in [7, 11) is 0. The van der Waals surface area contributed by atoms with E-state index in [4.69, 9.17) is 5.73 Å². The quantitative estimate of drug-likeness (QED) is 0.792. The highest BCUT2D eigenvalue weighted by Crippen LogP contribution is 2.35. The first-order chi connectivity index (χ1) is 9.03. The van der Waals surface area contributed by atoms with Gasteiger partial charge in [0.1, 0.15) is 0 Å². The summed E-state index contributed by atoms with van der Waals surface area (Å²) >= 11 is 0. The van der Waals surface area contributed by atoms with Crippen molar-refractivity contribution in [1.29, 1.82) is 0 Å². The molecular weight excluding hydrogens is 238 g/mol. The zero-order chi connectivity index (χ0) is 14.4. The minimum atomic E-state index is -0.736. The first kappa shape index (κ1) is 15.7. The van der Waals surface area contributed by atoms with Crippen molar-refractivity contribution in [3.05, 3.63) is 34.9 Å². The molecule has 0 saturated carbocycles. The predicted molar refractivity (Wildman–Crippen MR) is 78.1 cm³/mol. The molecule has 1 aromatic rings. The van der Waals surface area contributed by atoms with Crippen LogP contribution in [-0.2, 0) is 11.3 Å². The molecule has 1 atom stereocenters. The molecule has 1 aromatic carbocycles. The fourth-order valence-corrected chi connectivity index (χ4v) is 2.85. The Labute approximate surface area is 115 Å². The van der Waals surface area contributed by atoms with Gasteiger partial charge in [0.2, 0.25) is 0 Å². The second-order valence-electron chi connectivity index (χ2n) is 5.19. The highest BCUT2D eigenvalue weighted by atomic mass is 16.4. The SMILES string of the molecule is CCC(CC)C(CC(=O)O)c1ccc(C)cc1CN. The van der Waals surface area contributed by atoms with Crippen molar-refractivity contribution in [2.24, 2.45) is 11.7 Å². The van der Waals surface area contributed by atoms with Crippen molar-refractivity contribution in [1.82, 2.24) is 0 Å². The zero-order valence-corrected chi connectivity index (χ0v) is 12.1.